The van der Waals surface area contributed by atoms with Gasteiger partial charge in [-0.15, -0.1) is 11.8 Å². The molecular weight excluding hydrogens is 380 g/mol. The first-order chi connectivity index (χ1) is 13.7. The normalized spacial score (nSPS) is 11.5. The van der Waals surface area contributed by atoms with Crippen molar-refractivity contribution in [3.8, 4) is 16.9 Å². The Hall–Kier alpha value is -1.50. The van der Waals surface area contributed by atoms with Gasteiger partial charge in [-0.25, -0.2) is 0 Å². The second-order valence-electron chi connectivity index (χ2n) is 6.96. The number of hydrogen-bond donors (Lipinski definition) is 0. The van der Waals surface area contributed by atoms with Gasteiger partial charge in [0.25, 0.3) is 0 Å². The molecule has 0 aliphatic rings. The van der Waals surface area contributed by atoms with Crippen molar-refractivity contribution in [3.05, 3.63) is 59.7 Å². The molecular formula is C25H32OS2. The lowest BCUT2D eigenvalue weighted by molar-refractivity contribution is 0.414. The molecule has 0 aliphatic heterocycles. The number of aryl methyl sites for hydroxylation is 1. The molecule has 0 fully saturated rings. The number of hydrogen-bond acceptors (Lipinski definition) is 3. The lowest BCUT2D eigenvalue weighted by Crippen LogP contribution is -1.94. The highest BCUT2D eigenvalue weighted by molar-refractivity contribution is 8.04. The molecule has 28 heavy (non-hydrogen) atoms. The van der Waals surface area contributed by atoms with Gasteiger partial charge in [0.15, 0.2) is 0 Å². The first-order valence-corrected chi connectivity index (χ1v) is 12.1. The van der Waals surface area contributed by atoms with Crippen LogP contribution in [0.15, 0.2) is 53.4 Å². The third kappa shape index (κ3) is 8.67. The standard InChI is InChI=1S/C25H32OS2/c1-4-5-6-7-8-9-18-28-25(22-12-10-11-21(2)20-22)17-19-27-24-15-13-23(26-3)14-16-24/h10-16,20,25H,4-9,18H2,1-3H3/t25-/m1/s1. The van der Waals surface area contributed by atoms with Crippen LogP contribution in [0.25, 0.3) is 0 Å². The van der Waals surface area contributed by atoms with Gasteiger partial charge in [0.05, 0.1) is 12.4 Å². The summed E-state index contributed by atoms with van der Waals surface area (Å²) in [4.78, 5) is 1.15. The summed E-state index contributed by atoms with van der Waals surface area (Å²) in [5.41, 5.74) is 2.62. The summed E-state index contributed by atoms with van der Waals surface area (Å²) in [7, 11) is 1.69. The van der Waals surface area contributed by atoms with Crippen molar-refractivity contribution in [1.82, 2.24) is 0 Å². The molecule has 0 aliphatic carbocycles. The summed E-state index contributed by atoms with van der Waals surface area (Å²) in [6.07, 6.45) is 8.04. The highest BCUT2D eigenvalue weighted by Crippen LogP contribution is 2.30. The molecule has 0 saturated carbocycles. The van der Waals surface area contributed by atoms with Gasteiger partial charge in [0.2, 0.25) is 0 Å². The fourth-order valence-corrected chi connectivity index (χ4v) is 4.65. The highest BCUT2D eigenvalue weighted by Gasteiger charge is 2.09. The van der Waals surface area contributed by atoms with Crippen molar-refractivity contribution in [2.75, 3.05) is 12.9 Å². The third-order valence-electron chi connectivity index (χ3n) is 4.55. The van der Waals surface area contributed by atoms with E-state index < -0.39 is 0 Å². The van der Waals surface area contributed by atoms with Crippen LogP contribution in [0.3, 0.4) is 0 Å². The molecule has 0 N–H and O–H groups in total. The molecule has 0 aromatic heterocycles. The average molecular weight is 413 g/mol. The molecule has 0 spiro atoms. The molecule has 0 heterocycles. The van der Waals surface area contributed by atoms with Crippen molar-refractivity contribution in [2.24, 2.45) is 0 Å². The third-order valence-corrected chi connectivity index (χ3v) is 6.52. The van der Waals surface area contributed by atoms with E-state index in [-0.39, 0.29) is 5.25 Å². The van der Waals surface area contributed by atoms with E-state index in [1.165, 1.54) is 55.4 Å². The smallest absolute Gasteiger partial charge is 0.118 e. The van der Waals surface area contributed by atoms with Crippen LogP contribution in [0.5, 0.6) is 5.75 Å². The summed E-state index contributed by atoms with van der Waals surface area (Å²) in [6, 6.07) is 16.8. The lowest BCUT2D eigenvalue weighted by atomic mass is 10.1. The van der Waals surface area contributed by atoms with Crippen LogP contribution in [-0.4, -0.2) is 12.9 Å². The van der Waals surface area contributed by atoms with Gasteiger partial charge in [0.1, 0.15) is 5.75 Å². The molecule has 1 nitrogen and oxygen atoms in total. The Morgan fingerprint density at radius 2 is 1.71 bits per heavy atom. The van der Waals surface area contributed by atoms with E-state index in [1.807, 2.05) is 23.9 Å². The van der Waals surface area contributed by atoms with E-state index in [0.29, 0.717) is 0 Å². The molecule has 2 rings (SSSR count). The minimum absolute atomic E-state index is 0.237. The van der Waals surface area contributed by atoms with Crippen molar-refractivity contribution in [3.63, 3.8) is 0 Å². The van der Waals surface area contributed by atoms with Crippen LogP contribution in [-0.2, 0) is 0 Å². The lowest BCUT2D eigenvalue weighted by Gasteiger charge is -2.12. The first kappa shape index (κ1) is 22.8. The van der Waals surface area contributed by atoms with Crippen molar-refractivity contribution >= 4 is 23.5 Å². The molecule has 0 saturated heterocycles. The molecule has 0 amide bonds. The summed E-state index contributed by atoms with van der Waals surface area (Å²) in [5, 5.41) is 3.57. The van der Waals surface area contributed by atoms with Crippen LogP contribution in [0.4, 0.5) is 0 Å². The Balaban J connectivity index is 1.92. The van der Waals surface area contributed by atoms with Crippen molar-refractivity contribution < 1.29 is 4.74 Å². The largest absolute Gasteiger partial charge is 0.497 e. The van der Waals surface area contributed by atoms with Crippen molar-refractivity contribution in [2.45, 2.75) is 62.5 Å². The van der Waals surface area contributed by atoms with Crippen molar-refractivity contribution in [1.29, 1.82) is 0 Å². The van der Waals surface area contributed by atoms with E-state index in [1.54, 1.807) is 18.9 Å². The molecule has 1 atom stereocenters. The van der Waals surface area contributed by atoms with Crippen LogP contribution in [0, 0.1) is 18.1 Å². The minimum Gasteiger partial charge on any atom is -0.497 e. The predicted octanol–water partition coefficient (Wildman–Crippen LogP) is 7.89. The molecule has 2 aromatic rings. The number of benzene rings is 2. The van der Waals surface area contributed by atoms with Gasteiger partial charge in [-0.2, -0.15) is 0 Å². The zero-order valence-electron chi connectivity index (χ0n) is 17.4. The van der Waals surface area contributed by atoms with E-state index in [0.717, 1.165) is 10.6 Å². The molecule has 150 valence electrons. The molecule has 0 bridgehead atoms. The predicted molar refractivity (Wildman–Crippen MR) is 126 cm³/mol. The Labute approximate surface area is 180 Å². The number of methoxy groups -OCH3 is 1. The number of ether oxygens (including phenoxy) is 1. The fraction of sp³-hybridized carbons (Fsp3) is 0.440. The van der Waals surface area contributed by atoms with Gasteiger partial charge in [-0.3, -0.25) is 0 Å². The fourth-order valence-electron chi connectivity index (χ4n) is 2.92. The molecule has 0 radical (unpaired) electrons. The maximum Gasteiger partial charge on any atom is 0.118 e. The molecule has 2 aromatic carbocycles. The van der Waals surface area contributed by atoms with Crippen LogP contribution < -0.4 is 4.74 Å². The van der Waals surface area contributed by atoms with E-state index in [9.17, 15) is 0 Å². The summed E-state index contributed by atoms with van der Waals surface area (Å²) >= 11 is 3.57. The number of rotatable bonds is 11. The topological polar surface area (TPSA) is 9.23 Å². The second kappa shape index (κ2) is 13.6. The van der Waals surface area contributed by atoms with Gasteiger partial charge in [-0.05, 0) is 65.9 Å². The monoisotopic (exact) mass is 412 g/mol. The van der Waals surface area contributed by atoms with E-state index in [2.05, 4.69) is 61.4 Å². The Morgan fingerprint density at radius 1 is 0.964 bits per heavy atom. The van der Waals surface area contributed by atoms with Gasteiger partial charge in [0, 0.05) is 4.90 Å². The highest BCUT2D eigenvalue weighted by atomic mass is 32.2. The van der Waals surface area contributed by atoms with Gasteiger partial charge in [-0.1, -0.05) is 74.8 Å². The maximum absolute atomic E-state index is 5.22. The summed E-state index contributed by atoms with van der Waals surface area (Å²) in [6.45, 7) is 4.42. The molecule has 3 heteroatoms. The average Bonchev–Trinajstić information content (AvgIpc) is 2.72. The first-order valence-electron chi connectivity index (χ1n) is 10.2. The summed E-state index contributed by atoms with van der Waals surface area (Å²) in [5.74, 6) is 5.55. The minimum atomic E-state index is 0.237. The van der Waals surface area contributed by atoms with Crippen LogP contribution in [0.2, 0.25) is 0 Å². The van der Waals surface area contributed by atoms with Gasteiger partial charge >= 0.3 is 0 Å². The second-order valence-corrected chi connectivity index (χ2v) is 9.05. The maximum atomic E-state index is 5.22. The number of unbranched alkanes of at least 4 members (excludes halogenated alkanes) is 5. The zero-order chi connectivity index (χ0) is 20.0. The van der Waals surface area contributed by atoms with E-state index in [4.69, 9.17) is 4.74 Å². The van der Waals surface area contributed by atoms with Gasteiger partial charge < -0.3 is 4.74 Å². The molecule has 0 unspecified atom stereocenters. The zero-order valence-corrected chi connectivity index (χ0v) is 19.0. The Bertz CT molecular complexity index is 743. The summed E-state index contributed by atoms with van der Waals surface area (Å²) < 4.78 is 5.22. The van der Waals surface area contributed by atoms with Crippen LogP contribution >= 0.6 is 23.5 Å². The SMILES string of the molecule is CCCCCCCCS[C@H](C#CSc1ccc(OC)cc1)c1cccc(C)c1. The quantitative estimate of drug-likeness (QED) is 0.211. The number of thioether (sulfide) groups is 2. The van der Waals surface area contributed by atoms with E-state index >= 15 is 0 Å². The Kier molecular flexibility index (Phi) is 11.1. The Morgan fingerprint density at radius 3 is 2.43 bits per heavy atom. The van der Waals surface area contributed by atoms with Crippen LogP contribution in [0.1, 0.15) is 61.8 Å².